The van der Waals surface area contributed by atoms with Crippen LogP contribution in [-0.4, -0.2) is 62.6 Å². The lowest BCUT2D eigenvalue weighted by Crippen LogP contribution is -2.38. The first-order chi connectivity index (χ1) is 14.8. The van der Waals surface area contributed by atoms with Crippen molar-refractivity contribution >= 4 is 28.5 Å². The summed E-state index contributed by atoms with van der Waals surface area (Å²) in [6.07, 6.45) is 4.43. The largest absolute Gasteiger partial charge is 0.364 e. The van der Waals surface area contributed by atoms with Crippen LogP contribution in [0.1, 0.15) is 42.2 Å². The molecule has 0 saturated carbocycles. The number of carbonyl (C=O) groups excluding carboxylic acids is 2. The van der Waals surface area contributed by atoms with E-state index in [1.807, 2.05) is 36.1 Å². The third-order valence-corrected chi connectivity index (χ3v) is 6.03. The number of hydrogen-bond acceptors (Lipinski definition) is 5. The molecule has 4 rings (SSSR count). The highest BCUT2D eigenvalue weighted by Crippen LogP contribution is 2.26. The lowest BCUT2D eigenvalue weighted by Gasteiger charge is -2.23. The van der Waals surface area contributed by atoms with Crippen molar-refractivity contribution in [3.63, 3.8) is 0 Å². The van der Waals surface area contributed by atoms with Gasteiger partial charge in [0, 0.05) is 51.9 Å². The van der Waals surface area contributed by atoms with Crippen LogP contribution in [0.15, 0.2) is 42.7 Å². The van der Waals surface area contributed by atoms with Crippen LogP contribution in [0.5, 0.6) is 0 Å². The molecule has 0 unspecified atom stereocenters. The quantitative estimate of drug-likeness (QED) is 0.686. The van der Waals surface area contributed by atoms with E-state index in [4.69, 9.17) is 0 Å². The predicted molar refractivity (Wildman–Crippen MR) is 120 cm³/mol. The van der Waals surface area contributed by atoms with Gasteiger partial charge in [-0.3, -0.25) is 14.3 Å². The van der Waals surface area contributed by atoms with Gasteiger partial charge in [-0.1, -0.05) is 12.1 Å². The molecular formula is C23H28N6O2. The molecular weight excluding hydrogens is 392 g/mol. The monoisotopic (exact) mass is 420 g/mol. The number of rotatable bonds is 5. The van der Waals surface area contributed by atoms with E-state index in [1.165, 1.54) is 0 Å². The normalized spacial score (nSPS) is 17.0. The summed E-state index contributed by atoms with van der Waals surface area (Å²) in [5.74, 6) is 0.680. The molecule has 162 valence electrons. The zero-order valence-electron chi connectivity index (χ0n) is 18.4. The van der Waals surface area contributed by atoms with E-state index >= 15 is 0 Å². The second-order valence-electron chi connectivity index (χ2n) is 8.20. The number of nitrogens with zero attached hydrogens (tertiary/aromatic N) is 5. The van der Waals surface area contributed by atoms with E-state index in [-0.39, 0.29) is 23.9 Å². The zero-order chi connectivity index (χ0) is 22.1. The van der Waals surface area contributed by atoms with Crippen LogP contribution in [0.3, 0.4) is 0 Å². The minimum atomic E-state index is -0.0494. The summed E-state index contributed by atoms with van der Waals surface area (Å²) in [7, 11) is 3.70. The van der Waals surface area contributed by atoms with Gasteiger partial charge in [0.15, 0.2) is 0 Å². The molecule has 1 aliphatic heterocycles. The molecule has 1 aliphatic rings. The van der Waals surface area contributed by atoms with Crippen LogP contribution in [0, 0.1) is 0 Å². The fourth-order valence-corrected chi connectivity index (χ4v) is 4.15. The van der Waals surface area contributed by atoms with Crippen LogP contribution < -0.4 is 5.32 Å². The highest BCUT2D eigenvalue weighted by molar-refractivity contribution is 5.94. The van der Waals surface area contributed by atoms with Gasteiger partial charge in [-0.05, 0) is 37.1 Å². The summed E-state index contributed by atoms with van der Waals surface area (Å²) in [6.45, 7) is 4.84. The van der Waals surface area contributed by atoms with Crippen LogP contribution in [0.4, 0.5) is 5.82 Å². The lowest BCUT2D eigenvalue weighted by atomic mass is 10.0. The average molecular weight is 421 g/mol. The first-order valence-electron chi connectivity index (χ1n) is 10.5. The van der Waals surface area contributed by atoms with Crippen molar-refractivity contribution in [3.05, 3.63) is 53.9 Å². The molecule has 31 heavy (non-hydrogen) atoms. The Kier molecular flexibility index (Phi) is 5.63. The maximum Gasteiger partial charge on any atom is 0.255 e. The number of anilines is 1. The van der Waals surface area contributed by atoms with Gasteiger partial charge in [0.25, 0.3) is 5.91 Å². The Morgan fingerprint density at radius 1 is 1.26 bits per heavy atom. The number of nitrogens with one attached hydrogen (secondary N) is 1. The van der Waals surface area contributed by atoms with Gasteiger partial charge in [0.05, 0.1) is 23.2 Å². The minimum absolute atomic E-state index is 0.0208. The summed E-state index contributed by atoms with van der Waals surface area (Å²) in [5, 5.41) is 8.99. The van der Waals surface area contributed by atoms with Crippen molar-refractivity contribution in [1.82, 2.24) is 24.6 Å². The Balaban J connectivity index is 1.42. The van der Waals surface area contributed by atoms with Gasteiger partial charge < -0.3 is 15.1 Å². The third-order valence-electron chi connectivity index (χ3n) is 6.03. The number of amides is 2. The Hall–Kier alpha value is -3.42. The fourth-order valence-electron chi connectivity index (χ4n) is 4.15. The van der Waals surface area contributed by atoms with Crippen molar-refractivity contribution in [2.24, 2.45) is 7.05 Å². The van der Waals surface area contributed by atoms with Gasteiger partial charge >= 0.3 is 0 Å². The molecule has 0 radical (unpaired) electrons. The Morgan fingerprint density at radius 2 is 2.06 bits per heavy atom. The fraction of sp³-hybridized carbons (Fsp3) is 0.391. The van der Waals surface area contributed by atoms with E-state index < -0.39 is 0 Å². The minimum Gasteiger partial charge on any atom is -0.364 e. The van der Waals surface area contributed by atoms with Gasteiger partial charge in [-0.15, -0.1) is 0 Å². The molecule has 8 heteroatoms. The van der Waals surface area contributed by atoms with Crippen molar-refractivity contribution in [3.8, 4) is 0 Å². The Bertz CT molecular complexity index is 1110. The summed E-state index contributed by atoms with van der Waals surface area (Å²) in [6, 6.07) is 9.84. The van der Waals surface area contributed by atoms with Gasteiger partial charge in [-0.2, -0.15) is 5.10 Å². The smallest absolute Gasteiger partial charge is 0.255 e. The van der Waals surface area contributed by atoms with E-state index in [2.05, 4.69) is 28.4 Å². The Morgan fingerprint density at radius 3 is 2.77 bits per heavy atom. The molecule has 1 fully saturated rings. The SMILES string of the molecule is CC(=O)N(C)[C@H]1CCN(C(=O)c2ccc(N[C@@H](C)c3cccc4nn(C)cc34)nc2)C1. The molecule has 2 aromatic heterocycles. The van der Waals surface area contributed by atoms with Gasteiger partial charge in [0.2, 0.25) is 5.91 Å². The molecule has 1 N–H and O–H groups in total. The van der Waals surface area contributed by atoms with Crippen molar-refractivity contribution in [2.45, 2.75) is 32.4 Å². The summed E-state index contributed by atoms with van der Waals surface area (Å²) >= 11 is 0. The second-order valence-corrected chi connectivity index (χ2v) is 8.20. The number of hydrogen-bond donors (Lipinski definition) is 1. The number of likely N-dealkylation sites (N-methyl/N-ethyl adjacent to an activating group) is 1. The highest BCUT2D eigenvalue weighted by atomic mass is 16.2. The van der Waals surface area contributed by atoms with Crippen LogP contribution >= 0.6 is 0 Å². The van der Waals surface area contributed by atoms with E-state index in [0.29, 0.717) is 24.5 Å². The molecule has 0 spiro atoms. The molecule has 2 atom stereocenters. The van der Waals surface area contributed by atoms with E-state index in [1.54, 1.807) is 36.0 Å². The second kappa shape index (κ2) is 8.37. The number of aromatic nitrogens is 3. The molecule has 0 bridgehead atoms. The average Bonchev–Trinajstić information content (AvgIpc) is 3.38. The first-order valence-corrected chi connectivity index (χ1v) is 10.5. The topological polar surface area (TPSA) is 83.4 Å². The molecule has 3 aromatic rings. The van der Waals surface area contributed by atoms with Crippen LogP contribution in [0.25, 0.3) is 10.9 Å². The van der Waals surface area contributed by atoms with Crippen LogP contribution in [-0.2, 0) is 11.8 Å². The first kappa shape index (κ1) is 20.8. The number of pyridine rings is 1. The summed E-state index contributed by atoms with van der Waals surface area (Å²) < 4.78 is 1.82. The van der Waals surface area contributed by atoms with E-state index in [0.717, 1.165) is 22.9 Å². The molecule has 3 heterocycles. The number of fused-ring (bicyclic) bond motifs is 1. The van der Waals surface area contributed by atoms with Crippen molar-refractivity contribution < 1.29 is 9.59 Å². The van der Waals surface area contributed by atoms with Gasteiger partial charge in [0.1, 0.15) is 5.82 Å². The number of carbonyl (C=O) groups is 2. The van der Waals surface area contributed by atoms with Crippen LogP contribution in [0.2, 0.25) is 0 Å². The van der Waals surface area contributed by atoms with Crippen molar-refractivity contribution in [1.29, 1.82) is 0 Å². The predicted octanol–water partition coefficient (Wildman–Crippen LogP) is 2.83. The zero-order valence-corrected chi connectivity index (χ0v) is 18.4. The number of likely N-dealkylation sites (tertiary alicyclic amines) is 1. The van der Waals surface area contributed by atoms with E-state index in [9.17, 15) is 9.59 Å². The lowest BCUT2D eigenvalue weighted by molar-refractivity contribution is -0.129. The summed E-state index contributed by atoms with van der Waals surface area (Å²) in [4.78, 5) is 32.4. The summed E-state index contributed by atoms with van der Waals surface area (Å²) in [5.41, 5.74) is 2.66. The Labute approximate surface area is 181 Å². The standard InChI is InChI=1S/C23H28N6O2/c1-15(19-6-5-7-21-20(19)14-27(3)26-21)25-22-9-8-17(12-24-22)23(31)29-11-10-18(13-29)28(4)16(2)30/h5-9,12,14-15,18H,10-11,13H2,1-4H3,(H,24,25)/t15-,18-/m0/s1. The van der Waals surface area contributed by atoms with Crippen molar-refractivity contribution in [2.75, 3.05) is 25.5 Å². The van der Waals surface area contributed by atoms with Gasteiger partial charge in [-0.25, -0.2) is 4.98 Å². The molecule has 1 aromatic carbocycles. The molecule has 2 amide bonds. The molecule has 1 saturated heterocycles. The molecule has 0 aliphatic carbocycles. The maximum atomic E-state index is 12.8. The highest BCUT2D eigenvalue weighted by Gasteiger charge is 2.30. The number of benzene rings is 1. The molecule has 8 nitrogen and oxygen atoms in total. The maximum absolute atomic E-state index is 12.8. The number of aryl methyl sites for hydroxylation is 1. The third kappa shape index (κ3) is 4.23.